The van der Waals surface area contributed by atoms with E-state index < -0.39 is 0 Å². The number of nitrogens with zero attached hydrogens (tertiary/aromatic N) is 1. The number of ketones is 1. The van der Waals surface area contributed by atoms with Crippen LogP contribution in [0.25, 0.3) is 10.9 Å². The molecule has 0 aliphatic rings. The van der Waals surface area contributed by atoms with Crippen LogP contribution in [-0.4, -0.2) is 23.4 Å². The summed E-state index contributed by atoms with van der Waals surface area (Å²) in [5.74, 6) is -0.412. The van der Waals surface area contributed by atoms with Crippen LogP contribution in [0.15, 0.2) is 72.8 Å². The average molecular weight is 530 g/mol. The van der Waals surface area contributed by atoms with E-state index in [1.807, 2.05) is 36.4 Å². The van der Waals surface area contributed by atoms with Crippen LogP contribution in [0.2, 0.25) is 5.02 Å². The van der Waals surface area contributed by atoms with E-state index in [1.165, 1.54) is 12.7 Å². The van der Waals surface area contributed by atoms with E-state index in [2.05, 4.69) is 56.5 Å². The Morgan fingerprint density at radius 1 is 0.921 bits per heavy atom. The second-order valence-electron chi connectivity index (χ2n) is 11.0. The van der Waals surface area contributed by atoms with Crippen molar-refractivity contribution in [3.63, 3.8) is 0 Å². The first-order valence-electron chi connectivity index (χ1n) is 13.2. The van der Waals surface area contributed by atoms with Gasteiger partial charge in [0.1, 0.15) is 0 Å². The lowest BCUT2D eigenvalue weighted by atomic mass is 9.87. The predicted molar refractivity (Wildman–Crippen MR) is 155 cm³/mol. The van der Waals surface area contributed by atoms with E-state index in [0.717, 1.165) is 34.9 Å². The highest BCUT2D eigenvalue weighted by atomic mass is 35.5. The SMILES string of the molecule is CCC[C@@H](Cc1ccc(C(=O)OC)cc1)C(=O)c1cc2cc(Cl)ccc2n1Cc1ccc(C(C)(C)C)cc1. The maximum atomic E-state index is 14.1. The fourth-order valence-electron chi connectivity index (χ4n) is 4.97. The largest absolute Gasteiger partial charge is 0.465 e. The lowest BCUT2D eigenvalue weighted by Gasteiger charge is -2.20. The molecule has 1 atom stereocenters. The van der Waals surface area contributed by atoms with Crippen LogP contribution in [0.1, 0.15) is 78.1 Å². The molecule has 3 aromatic carbocycles. The zero-order valence-electron chi connectivity index (χ0n) is 22.9. The number of rotatable bonds is 9. The highest BCUT2D eigenvalue weighted by molar-refractivity contribution is 6.31. The number of fused-ring (bicyclic) bond motifs is 1. The summed E-state index contributed by atoms with van der Waals surface area (Å²) in [6, 6.07) is 23.8. The van der Waals surface area contributed by atoms with Gasteiger partial charge in [-0.3, -0.25) is 4.79 Å². The molecule has 0 saturated heterocycles. The van der Waals surface area contributed by atoms with Gasteiger partial charge in [-0.05, 0) is 71.3 Å². The average Bonchev–Trinajstić information content (AvgIpc) is 3.24. The van der Waals surface area contributed by atoms with E-state index in [1.54, 1.807) is 12.1 Å². The molecule has 0 fully saturated rings. The van der Waals surface area contributed by atoms with Gasteiger partial charge in [0, 0.05) is 28.4 Å². The third kappa shape index (κ3) is 6.19. The number of hydrogen-bond acceptors (Lipinski definition) is 3. The van der Waals surface area contributed by atoms with E-state index in [-0.39, 0.29) is 23.1 Å². The van der Waals surface area contributed by atoms with Crippen LogP contribution in [0.4, 0.5) is 0 Å². The molecule has 1 aromatic heterocycles. The molecule has 1 heterocycles. The summed E-state index contributed by atoms with van der Waals surface area (Å²) in [4.78, 5) is 25.9. The van der Waals surface area contributed by atoms with Gasteiger partial charge in [0.15, 0.2) is 5.78 Å². The minimum Gasteiger partial charge on any atom is -0.465 e. The van der Waals surface area contributed by atoms with Crippen LogP contribution in [0, 0.1) is 5.92 Å². The van der Waals surface area contributed by atoms with Crippen LogP contribution in [-0.2, 0) is 23.1 Å². The van der Waals surface area contributed by atoms with Gasteiger partial charge in [-0.2, -0.15) is 0 Å². The van der Waals surface area contributed by atoms with Crippen molar-refractivity contribution in [2.45, 2.75) is 58.9 Å². The van der Waals surface area contributed by atoms with Gasteiger partial charge < -0.3 is 9.30 Å². The number of aromatic nitrogens is 1. The lowest BCUT2D eigenvalue weighted by molar-refractivity contribution is 0.0600. The van der Waals surface area contributed by atoms with E-state index >= 15 is 0 Å². The summed E-state index contributed by atoms with van der Waals surface area (Å²) in [6.07, 6.45) is 2.29. The zero-order chi connectivity index (χ0) is 27.4. The normalized spacial score (nSPS) is 12.5. The first kappa shape index (κ1) is 27.7. The predicted octanol–water partition coefficient (Wildman–Crippen LogP) is 8.27. The molecular weight excluding hydrogens is 494 g/mol. The molecule has 0 aliphatic heterocycles. The summed E-state index contributed by atoms with van der Waals surface area (Å²) in [6.45, 7) is 9.33. The lowest BCUT2D eigenvalue weighted by Crippen LogP contribution is -2.21. The highest BCUT2D eigenvalue weighted by Crippen LogP contribution is 2.29. The van der Waals surface area contributed by atoms with Crippen molar-refractivity contribution in [2.24, 2.45) is 5.92 Å². The minimum absolute atomic E-state index is 0.0823. The molecule has 0 aliphatic carbocycles. The van der Waals surface area contributed by atoms with Crippen LogP contribution < -0.4 is 0 Å². The molecule has 4 rings (SSSR count). The summed E-state index contributed by atoms with van der Waals surface area (Å²) >= 11 is 6.32. The second kappa shape index (κ2) is 11.6. The summed E-state index contributed by atoms with van der Waals surface area (Å²) in [5, 5.41) is 1.61. The smallest absolute Gasteiger partial charge is 0.337 e. The van der Waals surface area contributed by atoms with Crippen molar-refractivity contribution in [2.75, 3.05) is 7.11 Å². The maximum Gasteiger partial charge on any atom is 0.337 e. The number of esters is 1. The molecule has 0 spiro atoms. The number of ether oxygens (including phenoxy) is 1. The number of hydrogen-bond donors (Lipinski definition) is 0. The first-order valence-corrected chi connectivity index (χ1v) is 13.6. The Bertz CT molecular complexity index is 1430. The number of carbonyl (C=O) groups excluding carboxylic acids is 2. The Balaban J connectivity index is 1.68. The fourth-order valence-corrected chi connectivity index (χ4v) is 5.15. The van der Waals surface area contributed by atoms with Gasteiger partial charge in [0.05, 0.1) is 18.4 Å². The molecule has 38 heavy (non-hydrogen) atoms. The third-order valence-electron chi connectivity index (χ3n) is 7.14. The highest BCUT2D eigenvalue weighted by Gasteiger charge is 2.25. The monoisotopic (exact) mass is 529 g/mol. The Hall–Kier alpha value is -3.37. The number of halogens is 1. The topological polar surface area (TPSA) is 48.3 Å². The van der Waals surface area contributed by atoms with Gasteiger partial charge in [0.25, 0.3) is 0 Å². The minimum atomic E-state index is -0.364. The van der Waals surface area contributed by atoms with E-state index in [0.29, 0.717) is 29.2 Å². The molecule has 5 heteroatoms. The summed E-state index contributed by atoms with van der Waals surface area (Å²) < 4.78 is 6.94. The quantitative estimate of drug-likeness (QED) is 0.162. The maximum absolute atomic E-state index is 14.1. The number of methoxy groups -OCH3 is 1. The van der Waals surface area contributed by atoms with Gasteiger partial charge in [-0.25, -0.2) is 4.79 Å². The molecule has 0 amide bonds. The molecule has 0 saturated carbocycles. The Labute approximate surface area is 230 Å². The Kier molecular flexibility index (Phi) is 8.42. The van der Waals surface area contributed by atoms with Crippen molar-refractivity contribution in [1.82, 2.24) is 4.57 Å². The molecule has 0 radical (unpaired) electrons. The van der Waals surface area contributed by atoms with Gasteiger partial charge in [-0.15, -0.1) is 0 Å². The van der Waals surface area contributed by atoms with Crippen molar-refractivity contribution in [3.8, 4) is 0 Å². The second-order valence-corrected chi connectivity index (χ2v) is 11.4. The fraction of sp³-hybridized carbons (Fsp3) is 0.333. The van der Waals surface area contributed by atoms with Crippen LogP contribution >= 0.6 is 11.6 Å². The third-order valence-corrected chi connectivity index (χ3v) is 7.38. The van der Waals surface area contributed by atoms with Crippen LogP contribution in [0.3, 0.4) is 0 Å². The molecular formula is C33H36ClNO3. The number of Topliss-reactive ketones (excluding diaryl/α,β-unsaturated/α-hetero) is 1. The van der Waals surface area contributed by atoms with Crippen molar-refractivity contribution in [3.05, 3.63) is 106 Å². The van der Waals surface area contributed by atoms with E-state index in [4.69, 9.17) is 16.3 Å². The zero-order valence-corrected chi connectivity index (χ0v) is 23.6. The molecule has 0 bridgehead atoms. The van der Waals surface area contributed by atoms with E-state index in [9.17, 15) is 9.59 Å². The molecule has 0 unspecified atom stereocenters. The van der Waals surface area contributed by atoms with Crippen molar-refractivity contribution in [1.29, 1.82) is 0 Å². The first-order chi connectivity index (χ1) is 18.1. The van der Waals surface area contributed by atoms with Crippen molar-refractivity contribution < 1.29 is 14.3 Å². The van der Waals surface area contributed by atoms with Crippen LogP contribution in [0.5, 0.6) is 0 Å². The molecule has 0 N–H and O–H groups in total. The molecule has 4 aromatic rings. The number of benzene rings is 3. The molecule has 4 nitrogen and oxygen atoms in total. The van der Waals surface area contributed by atoms with Crippen molar-refractivity contribution >= 4 is 34.3 Å². The van der Waals surface area contributed by atoms with Gasteiger partial charge in [0.2, 0.25) is 0 Å². The van der Waals surface area contributed by atoms with Gasteiger partial charge >= 0.3 is 5.97 Å². The Morgan fingerprint density at radius 2 is 1.58 bits per heavy atom. The summed E-state index contributed by atoms with van der Waals surface area (Å²) in [5.41, 5.74) is 5.73. The standard InChI is InChI=1S/C33H36ClNO3/c1-6-7-25(18-22-8-12-24(13-9-22)32(37)38-5)31(36)30-20-26-19-28(34)16-17-29(26)35(30)21-23-10-14-27(15-11-23)33(2,3)4/h8-17,19-20,25H,6-7,18,21H2,1-5H3/t25-/m0/s1. The summed E-state index contributed by atoms with van der Waals surface area (Å²) in [7, 11) is 1.37. The molecule has 198 valence electrons. The van der Waals surface area contributed by atoms with Gasteiger partial charge in [-0.1, -0.05) is 82.1 Å². The Morgan fingerprint density at radius 3 is 2.18 bits per heavy atom. The number of carbonyl (C=O) groups is 2.